The Hall–Kier alpha value is -2.03. The van der Waals surface area contributed by atoms with Gasteiger partial charge < -0.3 is 9.47 Å². The molecule has 18 heavy (non-hydrogen) atoms. The minimum Gasteiger partial charge on any atom is -0.424 e. The van der Waals surface area contributed by atoms with E-state index >= 15 is 0 Å². The van der Waals surface area contributed by atoms with Gasteiger partial charge in [0.2, 0.25) is 0 Å². The molecule has 2 rings (SSSR count). The van der Waals surface area contributed by atoms with Crippen LogP contribution in [-0.4, -0.2) is 17.9 Å². The van der Waals surface area contributed by atoms with Gasteiger partial charge in [-0.05, 0) is 25.0 Å². The SMILES string of the molecule is C=C(C=Cc1ccccc1)C1OC(=O)OC1(C)C. The van der Waals surface area contributed by atoms with E-state index in [-0.39, 0.29) is 0 Å². The van der Waals surface area contributed by atoms with Crippen LogP contribution in [0.25, 0.3) is 6.08 Å². The van der Waals surface area contributed by atoms with E-state index in [1.807, 2.05) is 56.3 Å². The maximum atomic E-state index is 11.1. The third kappa shape index (κ3) is 2.62. The normalized spacial score (nSPS) is 21.7. The molecule has 1 aliphatic heterocycles. The van der Waals surface area contributed by atoms with Gasteiger partial charge in [0.15, 0.2) is 11.7 Å². The molecular weight excluding hydrogens is 228 g/mol. The van der Waals surface area contributed by atoms with Crippen LogP contribution >= 0.6 is 0 Å². The highest BCUT2D eigenvalue weighted by molar-refractivity contribution is 5.65. The summed E-state index contributed by atoms with van der Waals surface area (Å²) in [5.74, 6) is 0. The molecule has 0 radical (unpaired) electrons. The lowest BCUT2D eigenvalue weighted by Crippen LogP contribution is -2.33. The van der Waals surface area contributed by atoms with E-state index in [0.717, 1.165) is 11.1 Å². The van der Waals surface area contributed by atoms with Crippen LogP contribution in [0.4, 0.5) is 4.79 Å². The first-order chi connectivity index (χ1) is 8.49. The van der Waals surface area contributed by atoms with Crippen molar-refractivity contribution >= 4 is 12.2 Å². The van der Waals surface area contributed by atoms with Crippen molar-refractivity contribution in [3.8, 4) is 0 Å². The second-order valence-electron chi connectivity index (χ2n) is 4.77. The van der Waals surface area contributed by atoms with Gasteiger partial charge >= 0.3 is 6.16 Å². The molecule has 1 saturated heterocycles. The smallest absolute Gasteiger partial charge is 0.424 e. The molecule has 0 bridgehead atoms. The molecule has 3 nitrogen and oxygen atoms in total. The van der Waals surface area contributed by atoms with Gasteiger partial charge in [-0.2, -0.15) is 0 Å². The molecule has 1 aromatic carbocycles. The van der Waals surface area contributed by atoms with Crippen LogP contribution in [0.15, 0.2) is 48.6 Å². The van der Waals surface area contributed by atoms with Gasteiger partial charge in [0.1, 0.15) is 0 Å². The third-order valence-electron chi connectivity index (χ3n) is 2.82. The van der Waals surface area contributed by atoms with Crippen LogP contribution in [-0.2, 0) is 9.47 Å². The fourth-order valence-electron chi connectivity index (χ4n) is 1.91. The van der Waals surface area contributed by atoms with Crippen molar-refractivity contribution in [1.82, 2.24) is 0 Å². The van der Waals surface area contributed by atoms with E-state index in [4.69, 9.17) is 9.47 Å². The molecule has 1 unspecified atom stereocenters. The molecule has 0 saturated carbocycles. The monoisotopic (exact) mass is 244 g/mol. The van der Waals surface area contributed by atoms with Gasteiger partial charge in [-0.3, -0.25) is 0 Å². The Balaban J connectivity index is 2.09. The molecule has 3 heteroatoms. The fraction of sp³-hybridized carbons (Fsp3) is 0.267. The van der Waals surface area contributed by atoms with Crippen molar-refractivity contribution in [2.24, 2.45) is 0 Å². The quantitative estimate of drug-likeness (QED) is 0.602. The molecule has 1 fully saturated rings. The Labute approximate surface area is 107 Å². The zero-order valence-corrected chi connectivity index (χ0v) is 10.6. The minimum atomic E-state index is -0.671. The number of carbonyl (C=O) groups is 1. The lowest BCUT2D eigenvalue weighted by atomic mass is 9.95. The van der Waals surface area contributed by atoms with Crippen LogP contribution < -0.4 is 0 Å². The third-order valence-corrected chi connectivity index (χ3v) is 2.82. The molecular formula is C15H16O3. The zero-order chi connectivity index (χ0) is 13.2. The lowest BCUT2D eigenvalue weighted by Gasteiger charge is -2.21. The Kier molecular flexibility index (Phi) is 3.24. The Morgan fingerprint density at radius 3 is 2.56 bits per heavy atom. The van der Waals surface area contributed by atoms with Gasteiger partial charge in [-0.1, -0.05) is 49.1 Å². The first-order valence-corrected chi connectivity index (χ1v) is 5.80. The highest BCUT2D eigenvalue weighted by atomic mass is 16.8. The lowest BCUT2D eigenvalue weighted by molar-refractivity contribution is 0.0751. The van der Waals surface area contributed by atoms with Gasteiger partial charge in [0.05, 0.1) is 0 Å². The summed E-state index contributed by atoms with van der Waals surface area (Å²) in [5, 5.41) is 0. The van der Waals surface area contributed by atoms with E-state index in [1.54, 1.807) is 0 Å². The standard InChI is InChI=1S/C15H16O3/c1-11(9-10-12-7-5-4-6-8-12)13-15(2,3)18-14(16)17-13/h4-10,13H,1H2,2-3H3. The number of hydrogen-bond acceptors (Lipinski definition) is 3. The summed E-state index contributed by atoms with van der Waals surface area (Å²) in [6, 6.07) is 9.87. The second-order valence-corrected chi connectivity index (χ2v) is 4.77. The second kappa shape index (κ2) is 4.69. The predicted molar refractivity (Wildman–Crippen MR) is 70.0 cm³/mol. The molecule has 0 aliphatic carbocycles. The minimum absolute atomic E-state index is 0.440. The van der Waals surface area contributed by atoms with Crippen LogP contribution in [0.3, 0.4) is 0 Å². The van der Waals surface area contributed by atoms with E-state index < -0.39 is 17.9 Å². The molecule has 0 spiro atoms. The van der Waals surface area contributed by atoms with Crippen molar-refractivity contribution < 1.29 is 14.3 Å². The van der Waals surface area contributed by atoms with Crippen LogP contribution in [0.5, 0.6) is 0 Å². The Morgan fingerprint density at radius 2 is 2.00 bits per heavy atom. The van der Waals surface area contributed by atoms with Gasteiger partial charge in [-0.25, -0.2) is 4.79 Å². The first kappa shape index (κ1) is 12.4. The maximum Gasteiger partial charge on any atom is 0.509 e. The summed E-state index contributed by atoms with van der Waals surface area (Å²) in [7, 11) is 0. The summed E-state index contributed by atoms with van der Waals surface area (Å²) in [5.41, 5.74) is 1.12. The predicted octanol–water partition coefficient (Wildman–Crippen LogP) is 3.57. The average Bonchev–Trinajstić information content (AvgIpc) is 2.61. The van der Waals surface area contributed by atoms with Crippen molar-refractivity contribution in [3.63, 3.8) is 0 Å². The summed E-state index contributed by atoms with van der Waals surface area (Å²) in [6.07, 6.45) is 2.71. The average molecular weight is 244 g/mol. The van der Waals surface area contributed by atoms with Crippen LogP contribution in [0.1, 0.15) is 19.4 Å². The topological polar surface area (TPSA) is 35.5 Å². The highest BCUT2D eigenvalue weighted by Crippen LogP contribution is 2.31. The van der Waals surface area contributed by atoms with Gasteiger partial charge in [-0.15, -0.1) is 0 Å². The van der Waals surface area contributed by atoms with Gasteiger partial charge in [0, 0.05) is 0 Å². The maximum absolute atomic E-state index is 11.1. The molecule has 1 heterocycles. The first-order valence-electron chi connectivity index (χ1n) is 5.80. The van der Waals surface area contributed by atoms with Crippen molar-refractivity contribution in [2.75, 3.05) is 0 Å². The molecule has 0 N–H and O–H groups in total. The summed E-state index contributed by atoms with van der Waals surface area (Å²) < 4.78 is 10.2. The van der Waals surface area contributed by atoms with Crippen molar-refractivity contribution in [2.45, 2.75) is 25.6 Å². The number of ether oxygens (including phenoxy) is 2. The molecule has 0 amide bonds. The number of hydrogen-bond donors (Lipinski definition) is 0. The van der Waals surface area contributed by atoms with Crippen LogP contribution in [0.2, 0.25) is 0 Å². The Bertz CT molecular complexity index is 486. The number of cyclic esters (lactones) is 2. The highest BCUT2D eigenvalue weighted by Gasteiger charge is 2.44. The summed E-state index contributed by atoms with van der Waals surface area (Å²) in [6.45, 7) is 7.56. The number of carbonyl (C=O) groups excluding carboxylic acids is 1. The molecule has 1 aromatic rings. The van der Waals surface area contributed by atoms with E-state index in [2.05, 4.69) is 6.58 Å². The van der Waals surface area contributed by atoms with Crippen molar-refractivity contribution in [1.29, 1.82) is 0 Å². The zero-order valence-electron chi connectivity index (χ0n) is 10.6. The van der Waals surface area contributed by atoms with E-state index in [1.165, 1.54) is 0 Å². The molecule has 94 valence electrons. The molecule has 0 aromatic heterocycles. The summed E-state index contributed by atoms with van der Waals surface area (Å²) in [4.78, 5) is 11.1. The number of rotatable bonds is 3. The molecule has 1 aliphatic rings. The van der Waals surface area contributed by atoms with Gasteiger partial charge in [0.25, 0.3) is 0 Å². The van der Waals surface area contributed by atoms with Crippen LogP contribution in [0, 0.1) is 0 Å². The summed E-state index contributed by atoms with van der Waals surface area (Å²) >= 11 is 0. The van der Waals surface area contributed by atoms with E-state index in [9.17, 15) is 4.79 Å². The van der Waals surface area contributed by atoms with Crippen molar-refractivity contribution in [3.05, 3.63) is 54.1 Å². The fourth-order valence-corrected chi connectivity index (χ4v) is 1.91. The molecule has 1 atom stereocenters. The number of benzene rings is 1. The Morgan fingerprint density at radius 1 is 1.33 bits per heavy atom. The van der Waals surface area contributed by atoms with E-state index in [0.29, 0.717) is 0 Å². The largest absolute Gasteiger partial charge is 0.509 e.